The summed E-state index contributed by atoms with van der Waals surface area (Å²) in [7, 11) is 2.04. The second kappa shape index (κ2) is 7.62. The van der Waals surface area contributed by atoms with E-state index in [1.807, 2.05) is 44.3 Å². The van der Waals surface area contributed by atoms with Gasteiger partial charge in [0.15, 0.2) is 0 Å². The van der Waals surface area contributed by atoms with Gasteiger partial charge < -0.3 is 15.0 Å². The number of amides is 1. The first-order valence-corrected chi connectivity index (χ1v) is 8.63. The van der Waals surface area contributed by atoms with Crippen molar-refractivity contribution in [1.82, 2.24) is 5.32 Å². The highest BCUT2D eigenvalue weighted by atomic mass is 35.5. The lowest BCUT2D eigenvalue weighted by molar-refractivity contribution is -0.117. The Morgan fingerprint density at radius 2 is 2.12 bits per heavy atom. The van der Waals surface area contributed by atoms with Crippen LogP contribution < -0.4 is 15.0 Å². The minimum Gasteiger partial charge on any atom is -0.490 e. The molecule has 25 heavy (non-hydrogen) atoms. The zero-order valence-corrected chi connectivity index (χ0v) is 15.1. The Kier molecular flexibility index (Phi) is 5.29. The number of nitrogens with zero attached hydrogens (tertiary/aromatic N) is 1. The number of nitrogens with one attached hydrogen (secondary N) is 1. The summed E-state index contributed by atoms with van der Waals surface area (Å²) in [5, 5.41) is 3.60. The zero-order valence-electron chi connectivity index (χ0n) is 14.3. The number of carbonyl (C=O) groups excluding carboxylic acids is 1. The van der Waals surface area contributed by atoms with Crippen LogP contribution >= 0.6 is 11.6 Å². The van der Waals surface area contributed by atoms with E-state index in [0.717, 1.165) is 29.1 Å². The van der Waals surface area contributed by atoms with Crippen molar-refractivity contribution >= 4 is 29.3 Å². The van der Waals surface area contributed by atoms with E-state index in [-0.39, 0.29) is 11.9 Å². The summed E-state index contributed by atoms with van der Waals surface area (Å²) in [6, 6.07) is 13.3. The van der Waals surface area contributed by atoms with Gasteiger partial charge in [0.25, 0.3) is 0 Å². The first-order chi connectivity index (χ1) is 12.0. The van der Waals surface area contributed by atoms with Gasteiger partial charge in [-0.25, -0.2) is 0 Å². The Morgan fingerprint density at radius 3 is 2.92 bits per heavy atom. The molecule has 5 heteroatoms. The molecule has 0 fully saturated rings. The highest BCUT2D eigenvalue weighted by Gasteiger charge is 2.17. The van der Waals surface area contributed by atoms with Crippen LogP contribution in [-0.4, -0.2) is 26.1 Å². The topological polar surface area (TPSA) is 41.6 Å². The molecule has 1 heterocycles. The van der Waals surface area contributed by atoms with E-state index in [4.69, 9.17) is 16.3 Å². The minimum absolute atomic E-state index is 0.107. The van der Waals surface area contributed by atoms with Crippen molar-refractivity contribution in [3.05, 3.63) is 64.7 Å². The van der Waals surface area contributed by atoms with Crippen LogP contribution in [0.5, 0.6) is 5.75 Å². The predicted octanol–water partition coefficient (Wildman–Crippen LogP) is 4.06. The molecule has 0 saturated heterocycles. The Labute approximate surface area is 153 Å². The molecule has 1 N–H and O–H groups in total. The van der Waals surface area contributed by atoms with Crippen molar-refractivity contribution in [1.29, 1.82) is 0 Å². The number of benzene rings is 2. The lowest BCUT2D eigenvalue weighted by Crippen LogP contribution is -2.29. The van der Waals surface area contributed by atoms with Crippen molar-refractivity contribution < 1.29 is 9.53 Å². The standard InChI is InChI=1S/C20H21ClN2O2/c1-14(16-7-9-19-18(13-16)23(2)11-12-25-19)22-20(24)10-8-15-5-3-4-6-17(15)21/h3-10,13-14H,11-12H2,1-2H3,(H,22,24). The summed E-state index contributed by atoms with van der Waals surface area (Å²) < 4.78 is 5.66. The number of ether oxygens (including phenoxy) is 1. The summed E-state index contributed by atoms with van der Waals surface area (Å²) in [6.45, 7) is 3.52. The van der Waals surface area contributed by atoms with Crippen molar-refractivity contribution in [3.8, 4) is 5.75 Å². The SMILES string of the molecule is CC(NC(=O)C=Cc1ccccc1Cl)c1ccc2c(c1)N(C)CCO2. The zero-order chi connectivity index (χ0) is 17.8. The van der Waals surface area contributed by atoms with Crippen LogP contribution in [0.25, 0.3) is 6.08 Å². The summed E-state index contributed by atoms with van der Waals surface area (Å²) in [6.07, 6.45) is 3.23. The molecule has 0 aromatic heterocycles. The lowest BCUT2D eigenvalue weighted by Gasteiger charge is -2.28. The van der Waals surface area contributed by atoms with Crippen molar-refractivity contribution in [2.75, 3.05) is 25.1 Å². The Balaban J connectivity index is 1.68. The third-order valence-electron chi connectivity index (χ3n) is 4.26. The molecule has 0 bridgehead atoms. The van der Waals surface area contributed by atoms with Gasteiger partial charge in [0.1, 0.15) is 12.4 Å². The lowest BCUT2D eigenvalue weighted by atomic mass is 10.1. The van der Waals surface area contributed by atoms with Crippen LogP contribution in [0.4, 0.5) is 5.69 Å². The Bertz CT molecular complexity index is 804. The number of likely N-dealkylation sites (N-methyl/N-ethyl adjacent to an activating group) is 1. The quantitative estimate of drug-likeness (QED) is 0.840. The normalized spacial score (nSPS) is 14.8. The smallest absolute Gasteiger partial charge is 0.244 e. The van der Waals surface area contributed by atoms with Gasteiger partial charge in [-0.15, -0.1) is 0 Å². The van der Waals surface area contributed by atoms with E-state index in [0.29, 0.717) is 11.6 Å². The van der Waals surface area contributed by atoms with E-state index in [2.05, 4.69) is 16.3 Å². The van der Waals surface area contributed by atoms with Crippen molar-refractivity contribution in [2.45, 2.75) is 13.0 Å². The van der Waals surface area contributed by atoms with E-state index >= 15 is 0 Å². The minimum atomic E-state index is -0.158. The molecule has 0 spiro atoms. The molecule has 2 aromatic rings. The average Bonchev–Trinajstić information content (AvgIpc) is 2.61. The van der Waals surface area contributed by atoms with Gasteiger partial charge in [-0.3, -0.25) is 4.79 Å². The molecule has 1 amide bonds. The fourth-order valence-corrected chi connectivity index (χ4v) is 2.96. The van der Waals surface area contributed by atoms with E-state index in [1.165, 1.54) is 6.08 Å². The van der Waals surface area contributed by atoms with Gasteiger partial charge >= 0.3 is 0 Å². The molecule has 0 radical (unpaired) electrons. The van der Waals surface area contributed by atoms with Gasteiger partial charge in [-0.05, 0) is 42.3 Å². The van der Waals surface area contributed by atoms with Crippen molar-refractivity contribution in [3.63, 3.8) is 0 Å². The van der Waals surface area contributed by atoms with E-state index in [1.54, 1.807) is 12.1 Å². The fraction of sp³-hybridized carbons (Fsp3) is 0.250. The maximum atomic E-state index is 12.2. The van der Waals surface area contributed by atoms with Crippen LogP contribution in [0.1, 0.15) is 24.1 Å². The number of rotatable bonds is 4. The average molecular weight is 357 g/mol. The number of halogens is 1. The van der Waals surface area contributed by atoms with Crippen LogP contribution in [-0.2, 0) is 4.79 Å². The maximum absolute atomic E-state index is 12.2. The Hall–Kier alpha value is -2.46. The highest BCUT2D eigenvalue weighted by Crippen LogP contribution is 2.33. The monoisotopic (exact) mass is 356 g/mol. The van der Waals surface area contributed by atoms with Crippen molar-refractivity contribution in [2.24, 2.45) is 0 Å². The Morgan fingerprint density at radius 1 is 1.32 bits per heavy atom. The predicted molar refractivity (Wildman–Crippen MR) is 102 cm³/mol. The first kappa shape index (κ1) is 17.4. The molecule has 4 nitrogen and oxygen atoms in total. The van der Waals surface area contributed by atoms with Gasteiger partial charge in [-0.2, -0.15) is 0 Å². The third-order valence-corrected chi connectivity index (χ3v) is 4.60. The molecule has 2 aromatic carbocycles. The van der Waals surface area contributed by atoms with Gasteiger partial charge in [0.05, 0.1) is 18.3 Å². The van der Waals surface area contributed by atoms with Crippen LogP contribution in [0.2, 0.25) is 5.02 Å². The van der Waals surface area contributed by atoms with Crippen LogP contribution in [0.3, 0.4) is 0 Å². The number of fused-ring (bicyclic) bond motifs is 1. The molecule has 3 rings (SSSR count). The molecular weight excluding hydrogens is 336 g/mol. The van der Waals surface area contributed by atoms with Crippen LogP contribution in [0, 0.1) is 0 Å². The maximum Gasteiger partial charge on any atom is 0.244 e. The molecular formula is C20H21ClN2O2. The van der Waals surface area contributed by atoms with Gasteiger partial charge in [0, 0.05) is 18.1 Å². The third kappa shape index (κ3) is 4.15. The molecule has 1 aliphatic heterocycles. The number of hydrogen-bond donors (Lipinski definition) is 1. The second-order valence-corrected chi connectivity index (χ2v) is 6.49. The van der Waals surface area contributed by atoms with Crippen LogP contribution in [0.15, 0.2) is 48.5 Å². The van der Waals surface area contributed by atoms with Gasteiger partial charge in [0.2, 0.25) is 5.91 Å². The first-order valence-electron chi connectivity index (χ1n) is 8.25. The fourth-order valence-electron chi connectivity index (χ4n) is 2.76. The molecule has 0 aliphatic carbocycles. The molecule has 0 saturated carbocycles. The van der Waals surface area contributed by atoms with E-state index < -0.39 is 0 Å². The summed E-state index contributed by atoms with van der Waals surface area (Å²) in [5.74, 6) is 0.726. The summed E-state index contributed by atoms with van der Waals surface area (Å²) in [5.41, 5.74) is 2.91. The number of hydrogen-bond acceptors (Lipinski definition) is 3. The number of carbonyl (C=O) groups is 1. The number of anilines is 1. The second-order valence-electron chi connectivity index (χ2n) is 6.08. The highest BCUT2D eigenvalue weighted by molar-refractivity contribution is 6.32. The largest absolute Gasteiger partial charge is 0.490 e. The summed E-state index contributed by atoms with van der Waals surface area (Å²) >= 11 is 6.09. The van der Waals surface area contributed by atoms with Gasteiger partial charge in [-0.1, -0.05) is 35.9 Å². The summed E-state index contributed by atoms with van der Waals surface area (Å²) in [4.78, 5) is 14.3. The van der Waals surface area contributed by atoms with E-state index in [9.17, 15) is 4.79 Å². The molecule has 1 atom stereocenters. The molecule has 1 aliphatic rings. The molecule has 1 unspecified atom stereocenters. The molecule has 130 valence electrons.